The molecule has 8 heterocycles. The molecule has 0 radical (unpaired) electrons. The van der Waals surface area contributed by atoms with Crippen LogP contribution in [0, 0.1) is 41.4 Å². The fraction of sp³-hybridized carbons (Fsp3) is 0.739. The van der Waals surface area contributed by atoms with Crippen LogP contribution < -0.4 is 14.7 Å². The Labute approximate surface area is 338 Å². The van der Waals surface area contributed by atoms with Crippen LogP contribution in [-0.4, -0.2) is 80.4 Å². The van der Waals surface area contributed by atoms with Gasteiger partial charge in [-0.3, -0.25) is 0 Å². The van der Waals surface area contributed by atoms with Gasteiger partial charge in [-0.15, -0.1) is 0 Å². The minimum absolute atomic E-state index is 0.189. The number of anilines is 3. The van der Waals surface area contributed by atoms with Gasteiger partial charge in [-0.05, 0) is 115 Å². The van der Waals surface area contributed by atoms with Gasteiger partial charge in [0.05, 0.1) is 11.7 Å². The molecule has 7 fully saturated rings. The zero-order valence-electron chi connectivity index (χ0n) is 36.4. The summed E-state index contributed by atoms with van der Waals surface area (Å²) in [5.41, 5.74) is 3.85. The average molecular weight is 766 g/mol. The van der Waals surface area contributed by atoms with E-state index in [0.717, 1.165) is 105 Å². The molecule has 5 aliphatic heterocycles. The lowest BCUT2D eigenvalue weighted by Gasteiger charge is -2.55. The molecular weight excluding hydrogens is 695 g/mol. The van der Waals surface area contributed by atoms with E-state index in [1.54, 1.807) is 0 Å². The van der Waals surface area contributed by atoms with Crippen LogP contribution in [0.25, 0.3) is 0 Å². The van der Waals surface area contributed by atoms with Gasteiger partial charge < -0.3 is 19.4 Å². The van der Waals surface area contributed by atoms with Crippen LogP contribution in [0.3, 0.4) is 0 Å². The molecule has 306 valence electrons. The molecule has 2 aliphatic carbocycles. The molecule has 0 N–H and O–H groups in total. The second-order valence-corrected chi connectivity index (χ2v) is 19.7. The normalized spacial score (nSPS) is 28.5. The standard InChI is InChI=1S/2C16H25N3.C14H21N3O/c1-10(2)13-7-17-16(18-8-13)19-9-12-5-14(19)6-15(12)11(3)4;1-10(2)14-6-17-16(18-7-14)19-8-12-5-13(9-19)15(12)11(3)4;1-10(2)12-8-15-13(16-9-12)17-6-4-14(5-7-17)11(3)18-14/h7-8,10-12,14-15H,5-6,9H2,1-4H3;6-7,10-13,15H,5,8-9H2,1-4H3;8-11H,4-7H2,1-3H3. The molecule has 5 saturated heterocycles. The summed E-state index contributed by atoms with van der Waals surface area (Å²) in [6.45, 7) is 30.2. The first-order chi connectivity index (χ1) is 26.7. The van der Waals surface area contributed by atoms with Crippen LogP contribution >= 0.6 is 0 Å². The zero-order chi connectivity index (χ0) is 39.9. The molecule has 10 heteroatoms. The Balaban J connectivity index is 0.000000129. The van der Waals surface area contributed by atoms with Crippen molar-refractivity contribution in [3.8, 4) is 0 Å². The number of ether oxygens (including phenoxy) is 1. The van der Waals surface area contributed by atoms with Crippen molar-refractivity contribution in [3.05, 3.63) is 53.9 Å². The zero-order valence-corrected chi connectivity index (χ0v) is 36.4. The highest BCUT2D eigenvalue weighted by Gasteiger charge is 2.54. The van der Waals surface area contributed by atoms with E-state index >= 15 is 0 Å². The largest absolute Gasteiger partial charge is 0.366 e. The van der Waals surface area contributed by atoms with Gasteiger partial charge in [0.15, 0.2) is 0 Å². The summed E-state index contributed by atoms with van der Waals surface area (Å²) < 4.78 is 5.71. The van der Waals surface area contributed by atoms with Crippen LogP contribution in [0.2, 0.25) is 0 Å². The Kier molecular flexibility index (Phi) is 12.3. The Morgan fingerprint density at radius 3 is 1.38 bits per heavy atom. The van der Waals surface area contributed by atoms with E-state index in [1.165, 1.54) is 36.0 Å². The fourth-order valence-electron chi connectivity index (χ4n) is 10.5. The van der Waals surface area contributed by atoms with Gasteiger partial charge in [-0.2, -0.15) is 0 Å². The Morgan fingerprint density at radius 2 is 1.00 bits per heavy atom. The molecule has 1 spiro atoms. The summed E-state index contributed by atoms with van der Waals surface area (Å²) in [6.07, 6.45) is 18.6. The number of hydrogen-bond donors (Lipinski definition) is 0. The summed E-state index contributed by atoms with van der Waals surface area (Å²) in [7, 11) is 0. The molecule has 6 atom stereocenters. The quantitative estimate of drug-likeness (QED) is 0.207. The van der Waals surface area contributed by atoms with E-state index in [-0.39, 0.29) is 5.60 Å². The van der Waals surface area contributed by atoms with Crippen LogP contribution in [-0.2, 0) is 4.74 Å². The number of rotatable bonds is 8. The minimum Gasteiger partial charge on any atom is -0.366 e. The summed E-state index contributed by atoms with van der Waals surface area (Å²) in [6, 6.07) is 0.683. The van der Waals surface area contributed by atoms with Crippen molar-refractivity contribution in [3.63, 3.8) is 0 Å². The lowest BCUT2D eigenvalue weighted by Crippen LogP contribution is -2.57. The summed E-state index contributed by atoms with van der Waals surface area (Å²) >= 11 is 0. The van der Waals surface area contributed by atoms with Crippen molar-refractivity contribution in [2.24, 2.45) is 41.4 Å². The molecule has 10 nitrogen and oxygen atoms in total. The Hall–Kier alpha value is -3.40. The number of hydrogen-bond acceptors (Lipinski definition) is 10. The molecule has 10 rings (SSSR count). The van der Waals surface area contributed by atoms with Crippen molar-refractivity contribution in [2.75, 3.05) is 47.4 Å². The molecule has 4 bridgehead atoms. The van der Waals surface area contributed by atoms with Crippen molar-refractivity contribution in [1.82, 2.24) is 29.9 Å². The molecule has 56 heavy (non-hydrogen) atoms. The van der Waals surface area contributed by atoms with E-state index in [2.05, 4.69) is 121 Å². The lowest BCUT2D eigenvalue weighted by molar-refractivity contribution is 0.0114. The van der Waals surface area contributed by atoms with E-state index in [9.17, 15) is 0 Å². The predicted octanol–water partition coefficient (Wildman–Crippen LogP) is 9.16. The van der Waals surface area contributed by atoms with Gasteiger partial charge >= 0.3 is 0 Å². The molecule has 0 amide bonds. The number of fused-ring (bicyclic) bond motifs is 4. The van der Waals surface area contributed by atoms with Gasteiger partial charge in [0.2, 0.25) is 17.8 Å². The first-order valence-corrected chi connectivity index (χ1v) is 22.1. The Morgan fingerprint density at radius 1 is 0.554 bits per heavy atom. The fourth-order valence-corrected chi connectivity index (χ4v) is 10.5. The van der Waals surface area contributed by atoms with Crippen LogP contribution in [0.15, 0.2) is 37.2 Å². The summed E-state index contributed by atoms with van der Waals surface area (Å²) in [5.74, 6) is 10.3. The van der Waals surface area contributed by atoms with E-state index in [0.29, 0.717) is 29.9 Å². The highest BCUT2D eigenvalue weighted by molar-refractivity contribution is 5.37. The highest BCUT2D eigenvalue weighted by Crippen LogP contribution is 2.50. The van der Waals surface area contributed by atoms with Gasteiger partial charge in [0.25, 0.3) is 0 Å². The highest BCUT2D eigenvalue weighted by atomic mass is 16.6. The van der Waals surface area contributed by atoms with Crippen LogP contribution in [0.1, 0.15) is 143 Å². The smallest absolute Gasteiger partial charge is 0.225 e. The SMILES string of the molecule is CC(C)c1cnc(N2CC3CC(C2)C3C(C)C)nc1.CC(C)c1cnc(N2CC3CC2CC3C(C)C)nc1.CC(C)c1cnc(N2CCC3(CC2)OC3C)nc1. The maximum Gasteiger partial charge on any atom is 0.225 e. The minimum atomic E-state index is 0.189. The predicted molar refractivity (Wildman–Crippen MR) is 227 cm³/mol. The van der Waals surface area contributed by atoms with Crippen LogP contribution in [0.4, 0.5) is 17.8 Å². The van der Waals surface area contributed by atoms with Crippen LogP contribution in [0.5, 0.6) is 0 Å². The van der Waals surface area contributed by atoms with E-state index < -0.39 is 0 Å². The number of epoxide rings is 1. The van der Waals surface area contributed by atoms with Crippen molar-refractivity contribution >= 4 is 17.8 Å². The molecule has 0 aromatic carbocycles. The topological polar surface area (TPSA) is 99.6 Å². The van der Waals surface area contributed by atoms with E-state index in [1.807, 2.05) is 37.2 Å². The maximum atomic E-state index is 5.71. The molecule has 7 aliphatic rings. The summed E-state index contributed by atoms with van der Waals surface area (Å²) in [4.78, 5) is 34.4. The van der Waals surface area contributed by atoms with Gasteiger partial charge in [-0.1, -0.05) is 69.2 Å². The van der Waals surface area contributed by atoms with Crippen molar-refractivity contribution in [2.45, 2.75) is 144 Å². The monoisotopic (exact) mass is 766 g/mol. The third-order valence-electron chi connectivity index (χ3n) is 14.3. The number of nitrogens with zero attached hydrogens (tertiary/aromatic N) is 9. The molecular formula is C46H71N9O. The number of piperidine rings is 4. The maximum absolute atomic E-state index is 5.71. The third kappa shape index (κ3) is 8.70. The second kappa shape index (κ2) is 16.8. The third-order valence-corrected chi connectivity index (χ3v) is 14.3. The van der Waals surface area contributed by atoms with Gasteiger partial charge in [-0.25, -0.2) is 29.9 Å². The second-order valence-electron chi connectivity index (χ2n) is 19.7. The van der Waals surface area contributed by atoms with Gasteiger partial charge in [0.1, 0.15) is 0 Å². The molecule has 6 unspecified atom stereocenters. The first-order valence-electron chi connectivity index (χ1n) is 22.1. The molecule has 2 saturated carbocycles. The Bertz CT molecular complexity index is 1680. The molecule has 3 aromatic heterocycles. The van der Waals surface area contributed by atoms with Gasteiger partial charge in [0, 0.05) is 75.9 Å². The first kappa shape index (κ1) is 40.8. The molecule has 3 aromatic rings. The number of aromatic nitrogens is 6. The van der Waals surface area contributed by atoms with Crippen molar-refractivity contribution in [1.29, 1.82) is 0 Å². The van der Waals surface area contributed by atoms with E-state index in [4.69, 9.17) is 4.74 Å². The van der Waals surface area contributed by atoms with Crippen molar-refractivity contribution < 1.29 is 4.74 Å². The lowest BCUT2D eigenvalue weighted by atomic mass is 9.58. The average Bonchev–Trinajstić information content (AvgIpc) is 3.47. The summed E-state index contributed by atoms with van der Waals surface area (Å²) in [5, 5.41) is 0.